The Morgan fingerprint density at radius 3 is 1.89 bits per heavy atom. The van der Waals surface area contributed by atoms with Crippen molar-refractivity contribution in [2.45, 2.75) is 0 Å². The molecule has 0 saturated heterocycles. The van der Waals surface area contributed by atoms with Gasteiger partial charge in [-0.15, -0.1) is 22.7 Å². The fourth-order valence-corrected chi connectivity index (χ4v) is 8.92. The maximum Gasteiger partial charge on any atom is 0.164 e. The van der Waals surface area contributed by atoms with Crippen LogP contribution >= 0.6 is 22.7 Å². The number of benzene rings is 7. The summed E-state index contributed by atoms with van der Waals surface area (Å²) in [6.45, 7) is 0. The molecule has 0 fully saturated rings. The topological polar surface area (TPSA) is 69.4 Å². The third-order valence-electron chi connectivity index (χ3n) is 9.98. The molecule has 4 aromatic heterocycles. The first-order valence-corrected chi connectivity index (χ1v) is 19.5. The van der Waals surface area contributed by atoms with Gasteiger partial charge in [-0.05, 0) is 71.8 Å². The minimum atomic E-state index is 0.330. The van der Waals surface area contributed by atoms with Crippen LogP contribution in [0.1, 0.15) is 1.37 Å². The van der Waals surface area contributed by atoms with Gasteiger partial charge >= 0.3 is 0 Å². The Balaban J connectivity index is 0.964. The van der Waals surface area contributed by atoms with Gasteiger partial charge in [-0.3, -0.25) is 0 Å². The van der Waals surface area contributed by atoms with Crippen LogP contribution < -0.4 is 0 Å². The van der Waals surface area contributed by atoms with E-state index in [0.717, 1.165) is 75.5 Å². The summed E-state index contributed by atoms with van der Waals surface area (Å²) in [5.41, 5.74) is 11.5. The Kier molecular flexibility index (Phi) is 7.18. The summed E-state index contributed by atoms with van der Waals surface area (Å²) in [6.07, 6.45) is 0. The molecule has 0 radical (unpaired) electrons. The zero-order chi connectivity index (χ0) is 37.2. The first kappa shape index (κ1) is 30.6. The average Bonchev–Trinajstić information content (AvgIpc) is 3.96. The van der Waals surface area contributed by atoms with Crippen molar-refractivity contribution in [3.05, 3.63) is 169 Å². The predicted molar refractivity (Wildman–Crippen MR) is 228 cm³/mol. The summed E-state index contributed by atoms with van der Waals surface area (Å²) >= 11 is 3.07. The van der Waals surface area contributed by atoms with Crippen LogP contribution in [-0.4, -0.2) is 29.5 Å². The van der Waals surface area contributed by atoms with Gasteiger partial charge in [0.2, 0.25) is 0 Å². The van der Waals surface area contributed by atoms with Crippen molar-refractivity contribution >= 4 is 64.9 Å². The third kappa shape index (κ3) is 5.58. The number of fused-ring (bicyclic) bond motifs is 5. The van der Waals surface area contributed by atoms with Crippen molar-refractivity contribution in [2.75, 3.05) is 0 Å². The summed E-state index contributed by atoms with van der Waals surface area (Å²) in [5.74, 6) is 1.90. The first-order chi connectivity index (χ1) is 27.6. The van der Waals surface area contributed by atoms with Crippen LogP contribution in [0.5, 0.6) is 0 Å². The summed E-state index contributed by atoms with van der Waals surface area (Å²) in [4.78, 5) is 24.3. The molecular formula is C47H28N6S2. The quantitative estimate of drug-likeness (QED) is 0.170. The van der Waals surface area contributed by atoms with Crippen molar-refractivity contribution in [1.82, 2.24) is 29.5 Å². The lowest BCUT2D eigenvalue weighted by Crippen LogP contribution is -1.99. The molecule has 11 rings (SSSR count). The van der Waals surface area contributed by atoms with Gasteiger partial charge in [0, 0.05) is 38.7 Å². The summed E-state index contributed by atoms with van der Waals surface area (Å²) < 4.78 is 12.4. The number of nitrogens with zero attached hydrogens (tertiary/aromatic N) is 6. The Hall–Kier alpha value is -6.87. The van der Waals surface area contributed by atoms with Crippen LogP contribution in [-0.2, 0) is 0 Å². The Morgan fingerprint density at radius 1 is 0.436 bits per heavy atom. The Morgan fingerprint density at radius 2 is 1.09 bits per heavy atom. The predicted octanol–water partition coefficient (Wildman–Crippen LogP) is 12.5. The highest BCUT2D eigenvalue weighted by Crippen LogP contribution is 2.38. The highest BCUT2D eigenvalue weighted by Gasteiger charge is 2.17. The first-order valence-electron chi connectivity index (χ1n) is 18.4. The van der Waals surface area contributed by atoms with Crippen LogP contribution in [0.25, 0.3) is 104 Å². The molecule has 11 aromatic rings. The monoisotopic (exact) mass is 741 g/mol. The van der Waals surface area contributed by atoms with Gasteiger partial charge in [-0.25, -0.2) is 24.9 Å². The van der Waals surface area contributed by atoms with Crippen molar-refractivity contribution in [2.24, 2.45) is 0 Å². The average molecular weight is 742 g/mol. The van der Waals surface area contributed by atoms with E-state index in [0.29, 0.717) is 23.0 Å². The molecule has 0 unspecified atom stereocenters. The van der Waals surface area contributed by atoms with E-state index in [1.165, 1.54) is 22.1 Å². The maximum absolute atomic E-state index is 8.03. The van der Waals surface area contributed by atoms with Crippen molar-refractivity contribution < 1.29 is 1.37 Å². The number of thiazole rings is 2. The lowest BCUT2D eigenvalue weighted by molar-refractivity contribution is 1.07. The van der Waals surface area contributed by atoms with Crippen LogP contribution in [0.2, 0.25) is 0 Å². The fourth-order valence-electron chi connectivity index (χ4n) is 7.33. The van der Waals surface area contributed by atoms with E-state index >= 15 is 0 Å². The third-order valence-corrected chi connectivity index (χ3v) is 11.8. The van der Waals surface area contributed by atoms with Crippen LogP contribution in [0.3, 0.4) is 0 Å². The van der Waals surface area contributed by atoms with Crippen molar-refractivity contribution in [1.29, 1.82) is 0 Å². The minimum absolute atomic E-state index is 0.330. The standard InChI is InChI=1S/C47H28N6S2/c1-3-10-29(11-4-1)44-50-45(30-12-5-2-6-13-30)52-46(51-44)33-18-21-38-43(26-33)55-47(49-38)34-15-9-14-31(24-34)32-19-22-41-37(25-32)36-16-7-8-17-40(36)53(41)35-20-23-42-39(27-35)48-28-54-42/h1-28H/i28D. The summed E-state index contributed by atoms with van der Waals surface area (Å²) in [6, 6.07) is 56.5. The molecule has 0 bridgehead atoms. The van der Waals surface area contributed by atoms with Gasteiger partial charge in [0.1, 0.15) is 5.01 Å². The van der Waals surface area contributed by atoms with E-state index < -0.39 is 0 Å². The highest BCUT2D eigenvalue weighted by atomic mass is 32.1. The molecule has 258 valence electrons. The molecule has 0 aliphatic carbocycles. The van der Waals surface area contributed by atoms with Crippen molar-refractivity contribution in [3.63, 3.8) is 0 Å². The zero-order valence-electron chi connectivity index (χ0n) is 30.1. The SMILES string of the molecule is [2H]c1nc2cc(-n3c4ccccc4c4cc(-c5cccc(-c6nc7ccc(-c8nc(-c9ccccc9)nc(-c9ccccc9)n8)cc7s6)c5)ccc43)ccc2s1. The summed E-state index contributed by atoms with van der Waals surface area (Å²) in [7, 11) is 0. The second-order valence-corrected chi connectivity index (χ2v) is 15.2. The minimum Gasteiger partial charge on any atom is -0.309 e. The molecular weight excluding hydrogens is 713 g/mol. The van der Waals surface area contributed by atoms with Crippen LogP contribution in [0.15, 0.2) is 169 Å². The highest BCUT2D eigenvalue weighted by molar-refractivity contribution is 7.21. The van der Waals surface area contributed by atoms with E-state index in [4.69, 9.17) is 21.3 Å². The van der Waals surface area contributed by atoms with Gasteiger partial charge in [0.15, 0.2) is 17.5 Å². The molecule has 0 atom stereocenters. The van der Waals surface area contributed by atoms with E-state index in [9.17, 15) is 0 Å². The number of rotatable bonds is 6. The van der Waals surface area contributed by atoms with Crippen LogP contribution in [0, 0.1) is 0 Å². The second kappa shape index (κ2) is 12.9. The van der Waals surface area contributed by atoms with E-state index in [1.54, 1.807) is 11.3 Å². The summed E-state index contributed by atoms with van der Waals surface area (Å²) in [5, 5.41) is 3.32. The Labute approximate surface area is 325 Å². The molecule has 7 aromatic carbocycles. The van der Waals surface area contributed by atoms with Gasteiger partial charge in [0.25, 0.3) is 0 Å². The molecule has 4 heterocycles. The molecule has 0 amide bonds. The largest absolute Gasteiger partial charge is 0.309 e. The molecule has 0 N–H and O–H groups in total. The smallest absolute Gasteiger partial charge is 0.164 e. The molecule has 0 spiro atoms. The number of aromatic nitrogens is 6. The van der Waals surface area contributed by atoms with Crippen molar-refractivity contribution in [3.8, 4) is 61.5 Å². The fraction of sp³-hybridized carbons (Fsp3) is 0. The Bertz CT molecular complexity index is 3220. The molecule has 0 aliphatic rings. The van der Waals surface area contributed by atoms with Gasteiger partial charge in [-0.2, -0.15) is 0 Å². The van der Waals surface area contributed by atoms with Gasteiger partial charge in [0.05, 0.1) is 38.3 Å². The molecule has 0 aliphatic heterocycles. The van der Waals surface area contributed by atoms with E-state index in [2.05, 4.69) is 113 Å². The lowest BCUT2D eigenvalue weighted by atomic mass is 10.0. The van der Waals surface area contributed by atoms with Crippen LogP contribution in [0.4, 0.5) is 0 Å². The van der Waals surface area contributed by atoms with E-state index in [1.807, 2.05) is 60.7 Å². The zero-order valence-corrected chi connectivity index (χ0v) is 30.7. The van der Waals surface area contributed by atoms with Gasteiger partial charge < -0.3 is 4.57 Å². The maximum atomic E-state index is 8.03. The normalized spacial score (nSPS) is 11.9. The second-order valence-electron chi connectivity index (χ2n) is 13.4. The van der Waals surface area contributed by atoms with E-state index in [-0.39, 0.29) is 0 Å². The molecule has 55 heavy (non-hydrogen) atoms. The lowest BCUT2D eigenvalue weighted by Gasteiger charge is -2.09. The molecule has 8 heteroatoms. The molecule has 0 saturated carbocycles. The number of hydrogen-bond acceptors (Lipinski definition) is 7. The van der Waals surface area contributed by atoms with Gasteiger partial charge in [-0.1, -0.05) is 103 Å². The number of hydrogen-bond donors (Lipinski definition) is 0. The number of para-hydroxylation sites is 1. The molecule has 6 nitrogen and oxygen atoms in total.